The number of nitriles is 1. The van der Waals surface area contributed by atoms with Crippen molar-refractivity contribution in [3.8, 4) is 28.9 Å². The highest BCUT2D eigenvalue weighted by molar-refractivity contribution is 7.17. The molecule has 0 radical (unpaired) electrons. The maximum atomic E-state index is 14.0. The number of carbonyl (C=O) groups excluding carboxylic acids is 1. The molecule has 0 aliphatic rings. The van der Waals surface area contributed by atoms with Crippen molar-refractivity contribution in [3.05, 3.63) is 87.2 Å². The number of nitro groups is 1. The number of rotatable bonds is 7. The second kappa shape index (κ2) is 10.0. The summed E-state index contributed by atoms with van der Waals surface area (Å²) in [4.78, 5) is 32.6. The Kier molecular flexibility index (Phi) is 6.46. The molecule has 38 heavy (non-hydrogen) atoms. The average molecular weight is 530 g/mol. The average Bonchev–Trinajstić information content (AvgIpc) is 3.57. The number of nitrogens with zero attached hydrogens (tertiary/aromatic N) is 6. The van der Waals surface area contributed by atoms with Gasteiger partial charge in [0.2, 0.25) is 0 Å². The first kappa shape index (κ1) is 24.5. The molecule has 3 aromatic heterocycles. The Labute approximate surface area is 217 Å². The van der Waals surface area contributed by atoms with Gasteiger partial charge < -0.3 is 10.1 Å². The number of nitrogens with one attached hydrogen (secondary N) is 1. The van der Waals surface area contributed by atoms with Gasteiger partial charge in [0.05, 0.1) is 39.2 Å². The number of carbonyl (C=O) groups is 1. The minimum absolute atomic E-state index is 0.0844. The van der Waals surface area contributed by atoms with Crippen molar-refractivity contribution < 1.29 is 18.8 Å². The summed E-state index contributed by atoms with van der Waals surface area (Å²) in [6.45, 7) is 2.18. The van der Waals surface area contributed by atoms with Crippen molar-refractivity contribution in [3.63, 3.8) is 0 Å². The highest BCUT2D eigenvalue weighted by Gasteiger charge is 2.21. The predicted octanol–water partition coefficient (Wildman–Crippen LogP) is 5.11. The lowest BCUT2D eigenvalue weighted by Gasteiger charge is -2.10. The second-order valence-corrected chi connectivity index (χ2v) is 8.84. The molecule has 0 aliphatic heterocycles. The van der Waals surface area contributed by atoms with Gasteiger partial charge in [-0.25, -0.2) is 19.0 Å². The number of thiophene rings is 1. The fourth-order valence-corrected chi connectivity index (χ4v) is 4.40. The first-order valence-electron chi connectivity index (χ1n) is 11.1. The van der Waals surface area contributed by atoms with Gasteiger partial charge in [0, 0.05) is 11.6 Å². The van der Waals surface area contributed by atoms with Crippen molar-refractivity contribution in [2.75, 3.05) is 11.9 Å². The lowest BCUT2D eigenvalue weighted by atomic mass is 10.1. The molecule has 3 heterocycles. The standard InChI is InChI=1S/C25H16FN7O4S/c1-2-37-19-7-6-14(10-15(19)12-27)22-29-23(31-25(34)20-8-9-21(38-20)33(35)36)18-13-28-32(24(18)30-22)17-5-3-4-16(26)11-17/h3-11,13H,2H2,1H3,(H,29,30,31,34). The highest BCUT2D eigenvalue weighted by atomic mass is 32.1. The molecular weight excluding hydrogens is 513 g/mol. The number of hydrogen-bond acceptors (Lipinski definition) is 9. The van der Waals surface area contributed by atoms with Crippen LogP contribution in [0.15, 0.2) is 60.8 Å². The summed E-state index contributed by atoms with van der Waals surface area (Å²) in [6, 6.07) is 15.3. The SMILES string of the molecule is CCOc1ccc(-c2nc(NC(=O)c3ccc([N+](=O)[O-])s3)c3cnn(-c4cccc(F)c4)c3n2)cc1C#N. The van der Waals surface area contributed by atoms with Gasteiger partial charge in [-0.05, 0) is 49.4 Å². The van der Waals surface area contributed by atoms with Crippen LogP contribution in [-0.2, 0) is 0 Å². The minimum Gasteiger partial charge on any atom is -0.492 e. The second-order valence-electron chi connectivity index (χ2n) is 7.77. The van der Waals surface area contributed by atoms with Crippen molar-refractivity contribution in [1.29, 1.82) is 5.26 Å². The minimum atomic E-state index is -0.614. The number of halogens is 1. The lowest BCUT2D eigenvalue weighted by Crippen LogP contribution is -2.13. The summed E-state index contributed by atoms with van der Waals surface area (Å²) in [5, 5.41) is 27.8. The number of hydrogen-bond donors (Lipinski definition) is 1. The van der Waals surface area contributed by atoms with E-state index in [9.17, 15) is 24.6 Å². The molecule has 0 spiro atoms. The molecule has 0 bridgehead atoms. The lowest BCUT2D eigenvalue weighted by molar-refractivity contribution is -0.380. The first-order chi connectivity index (χ1) is 18.4. The number of benzene rings is 2. The number of amides is 1. The van der Waals surface area contributed by atoms with E-state index in [2.05, 4.69) is 26.5 Å². The Balaban J connectivity index is 1.65. The van der Waals surface area contributed by atoms with Crippen molar-refractivity contribution in [2.45, 2.75) is 6.92 Å². The Morgan fingerprint density at radius 1 is 1.24 bits per heavy atom. The zero-order valence-electron chi connectivity index (χ0n) is 19.6. The van der Waals surface area contributed by atoms with Crippen LogP contribution in [-0.4, -0.2) is 37.2 Å². The molecule has 1 N–H and O–H groups in total. The van der Waals surface area contributed by atoms with Gasteiger partial charge in [-0.1, -0.05) is 17.4 Å². The molecule has 5 aromatic rings. The van der Waals surface area contributed by atoms with Gasteiger partial charge in [0.1, 0.15) is 23.5 Å². The molecule has 0 saturated heterocycles. The number of aromatic nitrogens is 4. The van der Waals surface area contributed by atoms with Crippen LogP contribution in [0.2, 0.25) is 0 Å². The van der Waals surface area contributed by atoms with Crippen molar-refractivity contribution in [1.82, 2.24) is 19.7 Å². The fourth-order valence-electron chi connectivity index (χ4n) is 3.68. The summed E-state index contributed by atoms with van der Waals surface area (Å²) in [5.41, 5.74) is 1.38. The van der Waals surface area contributed by atoms with E-state index in [1.165, 1.54) is 41.2 Å². The smallest absolute Gasteiger partial charge is 0.324 e. The zero-order chi connectivity index (χ0) is 26.8. The van der Waals surface area contributed by atoms with Gasteiger partial charge in [-0.3, -0.25) is 14.9 Å². The maximum absolute atomic E-state index is 14.0. The molecule has 2 aromatic carbocycles. The Bertz CT molecular complexity index is 1760. The Morgan fingerprint density at radius 3 is 2.79 bits per heavy atom. The molecule has 5 rings (SSSR count). The predicted molar refractivity (Wildman–Crippen MR) is 137 cm³/mol. The number of anilines is 1. The molecule has 0 saturated carbocycles. The number of ether oxygens (including phenoxy) is 1. The molecule has 13 heteroatoms. The Hall–Kier alpha value is -5.22. The van der Waals surface area contributed by atoms with Crippen LogP contribution >= 0.6 is 11.3 Å². The molecule has 1 amide bonds. The van der Waals surface area contributed by atoms with E-state index in [1.54, 1.807) is 31.2 Å². The summed E-state index contributed by atoms with van der Waals surface area (Å²) in [5.74, 6) is -0.448. The van der Waals surface area contributed by atoms with Crippen LogP contribution in [0, 0.1) is 27.3 Å². The molecule has 0 unspecified atom stereocenters. The fraction of sp³-hybridized carbons (Fsp3) is 0.0800. The Morgan fingerprint density at radius 2 is 2.08 bits per heavy atom. The number of fused-ring (bicyclic) bond motifs is 1. The molecule has 0 aliphatic carbocycles. The van der Waals surface area contributed by atoms with E-state index < -0.39 is 16.6 Å². The summed E-state index contributed by atoms with van der Waals surface area (Å²) >= 11 is 0.722. The van der Waals surface area contributed by atoms with E-state index in [0.717, 1.165) is 11.3 Å². The van der Waals surface area contributed by atoms with Crippen molar-refractivity contribution in [2.24, 2.45) is 0 Å². The van der Waals surface area contributed by atoms with Crippen LogP contribution in [0.1, 0.15) is 22.2 Å². The zero-order valence-corrected chi connectivity index (χ0v) is 20.4. The van der Waals surface area contributed by atoms with Gasteiger partial charge in [-0.2, -0.15) is 10.4 Å². The van der Waals surface area contributed by atoms with E-state index >= 15 is 0 Å². The van der Waals surface area contributed by atoms with Crippen LogP contribution in [0.5, 0.6) is 5.75 Å². The van der Waals surface area contributed by atoms with Crippen LogP contribution in [0.25, 0.3) is 28.1 Å². The quantitative estimate of drug-likeness (QED) is 0.226. The van der Waals surface area contributed by atoms with E-state index in [-0.39, 0.29) is 32.7 Å². The first-order valence-corrected chi connectivity index (χ1v) is 11.9. The third-order valence-electron chi connectivity index (χ3n) is 5.37. The molecule has 188 valence electrons. The van der Waals surface area contributed by atoms with E-state index in [4.69, 9.17) is 4.74 Å². The topological polar surface area (TPSA) is 149 Å². The van der Waals surface area contributed by atoms with E-state index in [1.807, 2.05) is 0 Å². The summed E-state index contributed by atoms with van der Waals surface area (Å²) in [6.07, 6.45) is 1.43. The van der Waals surface area contributed by atoms with Crippen molar-refractivity contribution >= 4 is 39.1 Å². The van der Waals surface area contributed by atoms with E-state index in [0.29, 0.717) is 29.0 Å². The summed E-state index contributed by atoms with van der Waals surface area (Å²) < 4.78 is 20.9. The molecule has 11 nitrogen and oxygen atoms in total. The van der Waals surface area contributed by atoms with Crippen LogP contribution in [0.3, 0.4) is 0 Å². The normalized spacial score (nSPS) is 10.8. The maximum Gasteiger partial charge on any atom is 0.324 e. The van der Waals surface area contributed by atoms with Gasteiger partial charge in [0.15, 0.2) is 11.5 Å². The van der Waals surface area contributed by atoms with Gasteiger partial charge in [-0.15, -0.1) is 0 Å². The third-order valence-corrected chi connectivity index (χ3v) is 6.40. The van der Waals surface area contributed by atoms with Crippen LogP contribution in [0.4, 0.5) is 15.2 Å². The molecule has 0 fully saturated rings. The molecular formula is C25H16FN7O4S. The summed E-state index contributed by atoms with van der Waals surface area (Å²) in [7, 11) is 0. The third kappa shape index (κ3) is 4.63. The van der Waals surface area contributed by atoms with Gasteiger partial charge >= 0.3 is 5.00 Å². The monoisotopic (exact) mass is 529 g/mol. The molecule has 0 atom stereocenters. The highest BCUT2D eigenvalue weighted by Crippen LogP contribution is 2.31. The van der Waals surface area contributed by atoms with Gasteiger partial charge in [0.25, 0.3) is 5.91 Å². The largest absolute Gasteiger partial charge is 0.492 e. The van der Waals surface area contributed by atoms with Crippen LogP contribution < -0.4 is 10.1 Å².